The summed E-state index contributed by atoms with van der Waals surface area (Å²) in [5.74, 6) is -1.26. The van der Waals surface area contributed by atoms with Crippen LogP contribution in [0.1, 0.15) is 23.7 Å². The van der Waals surface area contributed by atoms with Crippen molar-refractivity contribution < 1.29 is 19.4 Å². The smallest absolute Gasteiger partial charge is 0.338 e. The van der Waals surface area contributed by atoms with E-state index in [9.17, 15) is 9.59 Å². The van der Waals surface area contributed by atoms with Gasteiger partial charge >= 0.3 is 5.97 Å². The van der Waals surface area contributed by atoms with Crippen molar-refractivity contribution in [2.45, 2.75) is 19.9 Å². The van der Waals surface area contributed by atoms with Crippen molar-refractivity contribution in [1.29, 1.82) is 0 Å². The normalized spacial score (nSPS) is 10.3. The first-order chi connectivity index (χ1) is 8.63. The molecule has 2 N–H and O–H groups in total. The summed E-state index contributed by atoms with van der Waals surface area (Å²) in [6, 6.07) is 0. The van der Waals surface area contributed by atoms with E-state index in [0.717, 1.165) is 6.42 Å². The molecule has 0 fully saturated rings. The molecule has 7 heteroatoms. The first kappa shape index (κ1) is 14.2. The Hall–Kier alpha value is -1.89. The number of rotatable bonds is 8. The van der Waals surface area contributed by atoms with Gasteiger partial charge in [0.1, 0.15) is 6.54 Å². The number of aromatic carboxylic acids is 1. The van der Waals surface area contributed by atoms with E-state index in [2.05, 4.69) is 10.4 Å². The second-order valence-corrected chi connectivity index (χ2v) is 3.63. The van der Waals surface area contributed by atoms with Crippen molar-refractivity contribution in [2.75, 3.05) is 19.8 Å². The monoisotopic (exact) mass is 255 g/mol. The lowest BCUT2D eigenvalue weighted by molar-refractivity contribution is -0.121. The number of nitrogens with zero attached hydrogens (tertiary/aromatic N) is 2. The minimum atomic E-state index is -1.06. The number of amides is 1. The fourth-order valence-corrected chi connectivity index (χ4v) is 1.31. The van der Waals surface area contributed by atoms with Crippen molar-refractivity contribution in [2.24, 2.45) is 0 Å². The standard InChI is InChI=1S/C11H17N3O4/c1-2-18-5-3-4-12-10(15)8-14-7-9(6-13-14)11(16)17/h6-7H,2-5,8H2,1H3,(H,12,15)(H,16,17). The predicted molar refractivity (Wildman–Crippen MR) is 63.3 cm³/mol. The zero-order valence-corrected chi connectivity index (χ0v) is 10.3. The molecular weight excluding hydrogens is 238 g/mol. The van der Waals surface area contributed by atoms with Crippen molar-refractivity contribution in [3.8, 4) is 0 Å². The van der Waals surface area contributed by atoms with Crippen LogP contribution in [0.5, 0.6) is 0 Å². The molecule has 0 unspecified atom stereocenters. The molecule has 1 amide bonds. The first-order valence-electron chi connectivity index (χ1n) is 5.73. The molecule has 1 heterocycles. The highest BCUT2D eigenvalue weighted by molar-refractivity contribution is 5.87. The second-order valence-electron chi connectivity index (χ2n) is 3.63. The Balaban J connectivity index is 2.24. The Kier molecular flexibility index (Phi) is 5.86. The lowest BCUT2D eigenvalue weighted by Gasteiger charge is -2.05. The number of hydrogen-bond donors (Lipinski definition) is 2. The first-order valence-corrected chi connectivity index (χ1v) is 5.73. The van der Waals surface area contributed by atoms with Gasteiger partial charge in [0.25, 0.3) is 0 Å². The molecule has 0 aromatic carbocycles. The van der Waals surface area contributed by atoms with E-state index < -0.39 is 5.97 Å². The molecule has 100 valence electrons. The maximum Gasteiger partial charge on any atom is 0.338 e. The van der Waals surface area contributed by atoms with Crippen LogP contribution in [0.25, 0.3) is 0 Å². The molecule has 0 atom stereocenters. The molecule has 1 aromatic rings. The highest BCUT2D eigenvalue weighted by atomic mass is 16.5. The van der Waals surface area contributed by atoms with Crippen molar-refractivity contribution in [3.05, 3.63) is 18.0 Å². The minimum Gasteiger partial charge on any atom is -0.478 e. The Bertz CT molecular complexity index is 403. The average Bonchev–Trinajstić information content (AvgIpc) is 2.77. The number of nitrogens with one attached hydrogen (secondary N) is 1. The molecule has 0 aliphatic carbocycles. The number of carbonyl (C=O) groups is 2. The minimum absolute atomic E-state index is 0.0158. The van der Waals surface area contributed by atoms with Crippen molar-refractivity contribution in [1.82, 2.24) is 15.1 Å². The van der Waals surface area contributed by atoms with Gasteiger partial charge in [-0.1, -0.05) is 0 Å². The second kappa shape index (κ2) is 7.44. The molecule has 0 aliphatic heterocycles. The van der Waals surface area contributed by atoms with E-state index in [4.69, 9.17) is 9.84 Å². The molecule has 1 aromatic heterocycles. The number of aromatic nitrogens is 2. The van der Waals surface area contributed by atoms with Crippen LogP contribution >= 0.6 is 0 Å². The van der Waals surface area contributed by atoms with E-state index >= 15 is 0 Å². The molecule has 0 saturated carbocycles. The molecule has 1 rings (SSSR count). The van der Waals surface area contributed by atoms with E-state index in [-0.39, 0.29) is 18.0 Å². The summed E-state index contributed by atoms with van der Waals surface area (Å²) < 4.78 is 6.42. The van der Waals surface area contributed by atoms with Gasteiger partial charge in [-0.2, -0.15) is 5.10 Å². The van der Waals surface area contributed by atoms with E-state index in [1.807, 2.05) is 6.92 Å². The molecule has 18 heavy (non-hydrogen) atoms. The number of hydrogen-bond acceptors (Lipinski definition) is 4. The third-order valence-electron chi connectivity index (χ3n) is 2.18. The quantitative estimate of drug-likeness (QED) is 0.644. The molecular formula is C11H17N3O4. The van der Waals surface area contributed by atoms with Gasteiger partial charge in [0.05, 0.1) is 11.8 Å². The third-order valence-corrected chi connectivity index (χ3v) is 2.18. The zero-order chi connectivity index (χ0) is 13.4. The summed E-state index contributed by atoms with van der Waals surface area (Å²) in [6.07, 6.45) is 3.28. The van der Waals surface area contributed by atoms with Gasteiger partial charge in [-0.05, 0) is 13.3 Å². The summed E-state index contributed by atoms with van der Waals surface area (Å²) in [5.41, 5.74) is 0.0687. The van der Waals surface area contributed by atoms with Gasteiger partial charge in [-0.25, -0.2) is 4.79 Å². The van der Waals surface area contributed by atoms with Gasteiger partial charge < -0.3 is 15.2 Å². The maximum absolute atomic E-state index is 11.5. The van der Waals surface area contributed by atoms with Gasteiger partial charge in [0, 0.05) is 26.0 Å². The van der Waals surface area contributed by atoms with Crippen molar-refractivity contribution >= 4 is 11.9 Å². The number of ether oxygens (including phenoxy) is 1. The SMILES string of the molecule is CCOCCCNC(=O)Cn1cc(C(=O)O)cn1. The van der Waals surface area contributed by atoms with Crippen LogP contribution in [0, 0.1) is 0 Å². The predicted octanol–water partition coefficient (Wildman–Crippen LogP) is 0.124. The Labute approximate surface area is 105 Å². The van der Waals surface area contributed by atoms with Gasteiger partial charge in [0.2, 0.25) is 5.91 Å². The van der Waals surface area contributed by atoms with Crippen LogP contribution in [0.4, 0.5) is 0 Å². The Morgan fingerprint density at radius 2 is 2.33 bits per heavy atom. The lowest BCUT2D eigenvalue weighted by atomic mass is 10.4. The highest BCUT2D eigenvalue weighted by Gasteiger charge is 2.08. The van der Waals surface area contributed by atoms with Gasteiger partial charge in [-0.15, -0.1) is 0 Å². The molecule has 7 nitrogen and oxygen atoms in total. The lowest BCUT2D eigenvalue weighted by Crippen LogP contribution is -2.29. The van der Waals surface area contributed by atoms with Crippen LogP contribution in [-0.2, 0) is 16.1 Å². The Morgan fingerprint density at radius 3 is 2.94 bits per heavy atom. The topological polar surface area (TPSA) is 93.5 Å². The fraction of sp³-hybridized carbons (Fsp3) is 0.545. The Morgan fingerprint density at radius 1 is 1.56 bits per heavy atom. The summed E-state index contributed by atoms with van der Waals surface area (Å²) in [7, 11) is 0. The largest absolute Gasteiger partial charge is 0.478 e. The average molecular weight is 255 g/mol. The molecule has 0 spiro atoms. The number of carbonyl (C=O) groups excluding carboxylic acids is 1. The van der Waals surface area contributed by atoms with Crippen molar-refractivity contribution in [3.63, 3.8) is 0 Å². The highest BCUT2D eigenvalue weighted by Crippen LogP contribution is 1.96. The van der Waals surface area contributed by atoms with Gasteiger partial charge in [-0.3, -0.25) is 9.48 Å². The van der Waals surface area contributed by atoms with Crippen LogP contribution in [-0.4, -0.2) is 46.5 Å². The third kappa shape index (κ3) is 4.96. The number of carboxylic acids is 1. The molecule has 0 aliphatic rings. The zero-order valence-electron chi connectivity index (χ0n) is 10.3. The van der Waals surface area contributed by atoms with Crippen LogP contribution < -0.4 is 5.32 Å². The fourth-order valence-electron chi connectivity index (χ4n) is 1.31. The van der Waals surface area contributed by atoms with E-state index in [1.165, 1.54) is 17.1 Å². The summed E-state index contributed by atoms with van der Waals surface area (Å²) in [5, 5.41) is 15.2. The maximum atomic E-state index is 11.5. The molecule has 0 radical (unpaired) electrons. The van der Waals surface area contributed by atoms with Crippen LogP contribution in [0.3, 0.4) is 0 Å². The van der Waals surface area contributed by atoms with E-state index in [1.54, 1.807) is 0 Å². The van der Waals surface area contributed by atoms with E-state index in [0.29, 0.717) is 19.8 Å². The van der Waals surface area contributed by atoms with Gasteiger partial charge in [0.15, 0.2) is 0 Å². The van der Waals surface area contributed by atoms with Crippen LogP contribution in [0.2, 0.25) is 0 Å². The number of carboxylic acid groups (broad SMARTS) is 1. The van der Waals surface area contributed by atoms with Crippen LogP contribution in [0.15, 0.2) is 12.4 Å². The summed E-state index contributed by atoms with van der Waals surface area (Å²) in [6.45, 7) is 3.74. The molecule has 0 saturated heterocycles. The summed E-state index contributed by atoms with van der Waals surface area (Å²) >= 11 is 0. The summed E-state index contributed by atoms with van der Waals surface area (Å²) in [4.78, 5) is 22.1. The molecule has 0 bridgehead atoms.